The van der Waals surface area contributed by atoms with Crippen molar-refractivity contribution in [2.24, 2.45) is 7.05 Å². The Hall–Kier alpha value is -1.96. The Morgan fingerprint density at radius 1 is 1.29 bits per heavy atom. The van der Waals surface area contributed by atoms with E-state index in [1.807, 2.05) is 14.0 Å². The topological polar surface area (TPSA) is 53.4 Å². The number of nitrogens with zero attached hydrogens (tertiary/aromatic N) is 4. The van der Waals surface area contributed by atoms with Crippen molar-refractivity contribution in [3.8, 4) is 0 Å². The molecule has 152 valence electrons. The van der Waals surface area contributed by atoms with Gasteiger partial charge in [0, 0.05) is 45.3 Å². The van der Waals surface area contributed by atoms with Gasteiger partial charge < -0.3 is 5.32 Å². The van der Waals surface area contributed by atoms with E-state index >= 15 is 0 Å². The summed E-state index contributed by atoms with van der Waals surface area (Å²) >= 11 is 6.40. The third kappa shape index (κ3) is 4.54. The number of benzene rings is 1. The number of nitrogens with one attached hydrogen (secondary N) is 1. The Morgan fingerprint density at radius 3 is 2.61 bits per heavy atom. The number of carbonyl (C=O) groups excluding carboxylic acids is 1. The molecule has 2 heterocycles. The number of carbonyl (C=O) groups is 1. The second-order valence-corrected chi connectivity index (χ2v) is 7.51. The maximum atomic E-state index is 13.8. The zero-order valence-corrected chi connectivity index (χ0v) is 17.3. The van der Waals surface area contributed by atoms with Gasteiger partial charge in [0.05, 0.1) is 17.4 Å². The highest BCUT2D eigenvalue weighted by atomic mass is 35.5. The fourth-order valence-corrected chi connectivity index (χ4v) is 3.74. The first-order valence-electron chi connectivity index (χ1n) is 9.62. The van der Waals surface area contributed by atoms with Gasteiger partial charge in [0.25, 0.3) is 0 Å². The summed E-state index contributed by atoms with van der Waals surface area (Å²) in [6.45, 7) is 7.92. The van der Waals surface area contributed by atoms with Gasteiger partial charge in [-0.2, -0.15) is 5.10 Å². The van der Waals surface area contributed by atoms with Crippen LogP contribution in [0.1, 0.15) is 25.1 Å². The summed E-state index contributed by atoms with van der Waals surface area (Å²) in [5.74, 6) is -0.616. The highest BCUT2D eigenvalue weighted by molar-refractivity contribution is 6.30. The number of rotatable bonds is 6. The summed E-state index contributed by atoms with van der Waals surface area (Å²) in [4.78, 5) is 17.0. The summed E-state index contributed by atoms with van der Waals surface area (Å²) in [5, 5.41) is 7.85. The molecule has 1 aromatic carbocycles. The molecule has 1 atom stereocenters. The molecule has 6 nitrogen and oxygen atoms in total. The predicted molar refractivity (Wildman–Crippen MR) is 109 cm³/mol. The minimum absolute atomic E-state index is 0.192. The molecule has 0 aliphatic carbocycles. The molecule has 1 aliphatic heterocycles. The molecule has 0 radical (unpaired) electrons. The van der Waals surface area contributed by atoms with Crippen molar-refractivity contribution in [1.29, 1.82) is 0 Å². The van der Waals surface area contributed by atoms with Gasteiger partial charge in [-0.3, -0.25) is 19.3 Å². The average Bonchev–Trinajstić information content (AvgIpc) is 2.97. The first-order valence-corrected chi connectivity index (χ1v) is 10.0. The van der Waals surface area contributed by atoms with E-state index < -0.39 is 5.82 Å². The zero-order chi connectivity index (χ0) is 20.3. The van der Waals surface area contributed by atoms with Crippen molar-refractivity contribution in [3.63, 3.8) is 0 Å². The number of halogens is 2. The lowest BCUT2D eigenvalue weighted by Crippen LogP contribution is -2.52. The molecule has 1 aliphatic rings. The van der Waals surface area contributed by atoms with E-state index in [0.717, 1.165) is 50.4 Å². The fraction of sp³-hybridized carbons (Fsp3) is 0.500. The molecule has 1 amide bonds. The van der Waals surface area contributed by atoms with E-state index in [9.17, 15) is 9.18 Å². The molecule has 1 N–H and O–H groups in total. The maximum absolute atomic E-state index is 13.8. The lowest BCUT2D eigenvalue weighted by molar-refractivity contribution is -0.121. The number of para-hydroxylation sites is 1. The summed E-state index contributed by atoms with van der Waals surface area (Å²) in [6, 6.07) is 5.89. The summed E-state index contributed by atoms with van der Waals surface area (Å²) in [7, 11) is 1.86. The Morgan fingerprint density at radius 2 is 1.96 bits per heavy atom. The van der Waals surface area contributed by atoms with Crippen LogP contribution < -0.4 is 5.32 Å². The summed E-state index contributed by atoms with van der Waals surface area (Å²) in [5.41, 5.74) is 2.34. The van der Waals surface area contributed by atoms with E-state index in [4.69, 9.17) is 11.6 Å². The molecule has 0 bridgehead atoms. The largest absolute Gasteiger partial charge is 0.322 e. The summed E-state index contributed by atoms with van der Waals surface area (Å²) < 4.78 is 15.5. The maximum Gasteiger partial charge on any atom is 0.241 e. The normalized spacial score (nSPS) is 16.9. The highest BCUT2D eigenvalue weighted by Gasteiger charge is 2.27. The number of piperazine rings is 1. The van der Waals surface area contributed by atoms with Crippen LogP contribution in [0, 0.1) is 5.82 Å². The van der Waals surface area contributed by atoms with E-state index in [-0.39, 0.29) is 17.6 Å². The Kier molecular flexibility index (Phi) is 6.69. The van der Waals surface area contributed by atoms with Crippen molar-refractivity contribution >= 4 is 23.2 Å². The van der Waals surface area contributed by atoms with Crippen LogP contribution in [0.3, 0.4) is 0 Å². The van der Waals surface area contributed by atoms with E-state index in [0.29, 0.717) is 5.15 Å². The van der Waals surface area contributed by atoms with Gasteiger partial charge in [-0.25, -0.2) is 4.39 Å². The third-order valence-corrected chi connectivity index (χ3v) is 5.81. The Labute approximate surface area is 170 Å². The van der Waals surface area contributed by atoms with Gasteiger partial charge in [0.15, 0.2) is 0 Å². The van der Waals surface area contributed by atoms with Crippen molar-refractivity contribution in [2.75, 3.05) is 31.5 Å². The molecule has 8 heteroatoms. The quantitative estimate of drug-likeness (QED) is 0.800. The Bertz CT molecular complexity index is 832. The molecule has 1 unspecified atom stereocenters. The molecular formula is C20H27ClFN5O. The smallest absolute Gasteiger partial charge is 0.241 e. The van der Waals surface area contributed by atoms with Gasteiger partial charge in [0.2, 0.25) is 5.91 Å². The average molecular weight is 408 g/mol. The lowest BCUT2D eigenvalue weighted by Gasteiger charge is -2.37. The van der Waals surface area contributed by atoms with Gasteiger partial charge >= 0.3 is 0 Å². The van der Waals surface area contributed by atoms with Gasteiger partial charge in [-0.15, -0.1) is 0 Å². The van der Waals surface area contributed by atoms with Crippen LogP contribution in [-0.4, -0.2) is 57.7 Å². The van der Waals surface area contributed by atoms with Gasteiger partial charge in [-0.05, 0) is 25.5 Å². The summed E-state index contributed by atoms with van der Waals surface area (Å²) in [6.07, 6.45) is 0.850. The molecule has 1 fully saturated rings. The SMILES string of the molecule is CCc1nn(C)c(Cl)c1CN1CCN(C(C)C(=O)Nc2ccccc2F)CC1. The van der Waals surface area contributed by atoms with E-state index in [1.54, 1.807) is 22.9 Å². The minimum atomic E-state index is -0.423. The van der Waals surface area contributed by atoms with Crippen LogP contribution in [0.4, 0.5) is 10.1 Å². The van der Waals surface area contributed by atoms with Crippen molar-refractivity contribution in [3.05, 3.63) is 46.5 Å². The molecule has 2 aromatic rings. The zero-order valence-electron chi connectivity index (χ0n) is 16.6. The van der Waals surface area contributed by atoms with Crippen molar-refractivity contribution in [2.45, 2.75) is 32.9 Å². The highest BCUT2D eigenvalue weighted by Crippen LogP contribution is 2.22. The van der Waals surface area contributed by atoms with Crippen molar-refractivity contribution < 1.29 is 9.18 Å². The monoisotopic (exact) mass is 407 g/mol. The molecule has 3 rings (SSSR count). The minimum Gasteiger partial charge on any atom is -0.322 e. The van der Waals surface area contributed by atoms with Gasteiger partial charge in [0.1, 0.15) is 11.0 Å². The van der Waals surface area contributed by atoms with E-state index in [1.165, 1.54) is 6.07 Å². The van der Waals surface area contributed by atoms with Crippen molar-refractivity contribution in [1.82, 2.24) is 19.6 Å². The Balaban J connectivity index is 1.55. The molecule has 0 saturated carbocycles. The van der Waals surface area contributed by atoms with Crippen LogP contribution in [-0.2, 0) is 24.8 Å². The first kappa shape index (κ1) is 20.8. The molecule has 1 aromatic heterocycles. The van der Waals surface area contributed by atoms with Crippen LogP contribution in [0.5, 0.6) is 0 Å². The van der Waals surface area contributed by atoms with Crippen LogP contribution in [0.25, 0.3) is 0 Å². The number of anilines is 1. The molecule has 1 saturated heterocycles. The molecule has 0 spiro atoms. The number of hydrogen-bond donors (Lipinski definition) is 1. The first-order chi connectivity index (χ1) is 13.4. The van der Waals surface area contributed by atoms with Crippen LogP contribution in [0.15, 0.2) is 24.3 Å². The molecule has 28 heavy (non-hydrogen) atoms. The van der Waals surface area contributed by atoms with Crippen LogP contribution >= 0.6 is 11.6 Å². The lowest BCUT2D eigenvalue weighted by atomic mass is 10.1. The number of amides is 1. The molecular weight excluding hydrogens is 381 g/mol. The second-order valence-electron chi connectivity index (χ2n) is 7.15. The fourth-order valence-electron chi connectivity index (χ4n) is 3.54. The van der Waals surface area contributed by atoms with E-state index in [2.05, 4.69) is 27.1 Å². The predicted octanol–water partition coefficient (Wildman–Crippen LogP) is 2.92. The standard InChI is InChI=1S/C20H27ClFN5O/c1-4-17-15(19(21)25(3)24-17)13-26-9-11-27(12-10-26)14(2)20(28)23-18-8-6-5-7-16(18)22/h5-8,14H,4,9-13H2,1-3H3,(H,23,28). The number of hydrogen-bond acceptors (Lipinski definition) is 4. The third-order valence-electron chi connectivity index (χ3n) is 5.33. The number of aryl methyl sites for hydroxylation is 2. The second kappa shape index (κ2) is 9.03. The van der Waals surface area contributed by atoms with Crippen LogP contribution in [0.2, 0.25) is 5.15 Å². The number of aromatic nitrogens is 2. The van der Waals surface area contributed by atoms with Gasteiger partial charge in [-0.1, -0.05) is 30.7 Å².